The highest BCUT2D eigenvalue weighted by molar-refractivity contribution is 5.33. The van der Waals surface area contributed by atoms with Gasteiger partial charge in [-0.25, -0.2) is 4.98 Å². The molecule has 5 heteroatoms. The molecule has 0 aromatic carbocycles. The maximum Gasteiger partial charge on any atom is 0.252 e. The molecule has 1 atom stereocenters. The van der Waals surface area contributed by atoms with Gasteiger partial charge < -0.3 is 15.2 Å². The number of nitrogens with one attached hydrogen (secondary N) is 2. The van der Waals surface area contributed by atoms with Gasteiger partial charge in [0.2, 0.25) is 0 Å². The number of H-pyrrole nitrogens is 1. The highest BCUT2D eigenvalue weighted by Gasteiger charge is 2.08. The van der Waals surface area contributed by atoms with Crippen LogP contribution in [0.5, 0.6) is 0 Å². The van der Waals surface area contributed by atoms with E-state index in [0.717, 1.165) is 19.6 Å². The normalized spacial score (nSPS) is 12.8. The van der Waals surface area contributed by atoms with E-state index >= 15 is 0 Å². The maximum atomic E-state index is 11.3. The van der Waals surface area contributed by atoms with E-state index in [2.05, 4.69) is 41.0 Å². The standard InChI is InChI=1S/C12H22N4O/c1-5-16(6-2)8-9(3)13-11-7-12(17)15-10(4)14-11/h7,9H,5-6,8H2,1-4H3,(H2,13,14,15,17). The minimum atomic E-state index is -0.116. The van der Waals surface area contributed by atoms with E-state index in [-0.39, 0.29) is 11.6 Å². The Morgan fingerprint density at radius 2 is 2.12 bits per heavy atom. The number of hydrogen-bond donors (Lipinski definition) is 2. The lowest BCUT2D eigenvalue weighted by Crippen LogP contribution is -2.35. The van der Waals surface area contributed by atoms with Crippen molar-refractivity contribution in [1.82, 2.24) is 14.9 Å². The fourth-order valence-corrected chi connectivity index (χ4v) is 1.82. The number of nitrogens with zero attached hydrogens (tertiary/aromatic N) is 2. The number of anilines is 1. The summed E-state index contributed by atoms with van der Waals surface area (Å²) in [5.74, 6) is 1.28. The van der Waals surface area contributed by atoms with Crippen LogP contribution in [0, 0.1) is 6.92 Å². The predicted molar refractivity (Wildman–Crippen MR) is 70.5 cm³/mol. The molecule has 0 radical (unpaired) electrons. The molecule has 2 N–H and O–H groups in total. The summed E-state index contributed by atoms with van der Waals surface area (Å²) in [6.07, 6.45) is 0. The van der Waals surface area contributed by atoms with Gasteiger partial charge >= 0.3 is 0 Å². The molecule has 5 nitrogen and oxygen atoms in total. The van der Waals surface area contributed by atoms with Crippen LogP contribution < -0.4 is 10.9 Å². The van der Waals surface area contributed by atoms with E-state index in [1.54, 1.807) is 6.92 Å². The first-order chi connectivity index (χ1) is 8.05. The van der Waals surface area contributed by atoms with Gasteiger partial charge in [0.1, 0.15) is 11.6 Å². The SMILES string of the molecule is CCN(CC)CC(C)Nc1cc(=O)[nH]c(C)n1. The molecule has 96 valence electrons. The lowest BCUT2D eigenvalue weighted by molar-refractivity contribution is 0.294. The molecule has 0 spiro atoms. The zero-order valence-corrected chi connectivity index (χ0v) is 11.1. The number of rotatable bonds is 6. The first kappa shape index (κ1) is 13.7. The Morgan fingerprint density at radius 3 is 2.65 bits per heavy atom. The summed E-state index contributed by atoms with van der Waals surface area (Å²) < 4.78 is 0. The van der Waals surface area contributed by atoms with Crippen LogP contribution in [0.15, 0.2) is 10.9 Å². The van der Waals surface area contributed by atoms with Gasteiger partial charge in [-0.15, -0.1) is 0 Å². The van der Waals surface area contributed by atoms with Gasteiger partial charge in [-0.3, -0.25) is 4.79 Å². The lowest BCUT2D eigenvalue weighted by Gasteiger charge is -2.23. The Balaban J connectivity index is 2.61. The molecule has 0 fully saturated rings. The third kappa shape index (κ3) is 4.56. The average molecular weight is 238 g/mol. The van der Waals surface area contributed by atoms with Gasteiger partial charge in [-0.05, 0) is 26.9 Å². The second-order valence-corrected chi connectivity index (χ2v) is 4.25. The van der Waals surface area contributed by atoms with Gasteiger partial charge in [0.25, 0.3) is 5.56 Å². The van der Waals surface area contributed by atoms with E-state index in [9.17, 15) is 4.79 Å². The minimum Gasteiger partial charge on any atom is -0.366 e. The molecule has 0 saturated carbocycles. The van der Waals surface area contributed by atoms with E-state index in [0.29, 0.717) is 11.6 Å². The molecule has 1 unspecified atom stereocenters. The molecule has 1 rings (SSSR count). The molecule has 0 bridgehead atoms. The average Bonchev–Trinajstić information content (AvgIpc) is 2.24. The van der Waals surface area contributed by atoms with Gasteiger partial charge in [0.05, 0.1) is 0 Å². The topological polar surface area (TPSA) is 61.0 Å². The molecule has 0 amide bonds. The third-order valence-electron chi connectivity index (χ3n) is 2.68. The third-order valence-corrected chi connectivity index (χ3v) is 2.68. The van der Waals surface area contributed by atoms with E-state index < -0.39 is 0 Å². The van der Waals surface area contributed by atoms with Crippen LogP contribution in [0.4, 0.5) is 5.82 Å². The quantitative estimate of drug-likeness (QED) is 0.782. The summed E-state index contributed by atoms with van der Waals surface area (Å²) >= 11 is 0. The zero-order valence-electron chi connectivity index (χ0n) is 11.1. The Hall–Kier alpha value is -1.36. The van der Waals surface area contributed by atoms with Crippen LogP contribution in [0.1, 0.15) is 26.6 Å². The second-order valence-electron chi connectivity index (χ2n) is 4.25. The van der Waals surface area contributed by atoms with Gasteiger partial charge in [-0.2, -0.15) is 0 Å². The molecular weight excluding hydrogens is 216 g/mol. The van der Waals surface area contributed by atoms with Crippen LogP contribution in [0.3, 0.4) is 0 Å². The van der Waals surface area contributed by atoms with Crippen LogP contribution >= 0.6 is 0 Å². The highest BCUT2D eigenvalue weighted by Crippen LogP contribution is 2.02. The highest BCUT2D eigenvalue weighted by atomic mass is 16.1. The van der Waals surface area contributed by atoms with Crippen molar-refractivity contribution < 1.29 is 0 Å². The van der Waals surface area contributed by atoms with Crippen molar-refractivity contribution in [2.45, 2.75) is 33.7 Å². The molecule has 1 heterocycles. The summed E-state index contributed by atoms with van der Waals surface area (Å²) in [6, 6.07) is 1.76. The summed E-state index contributed by atoms with van der Waals surface area (Å²) in [4.78, 5) is 20.5. The van der Waals surface area contributed by atoms with Crippen molar-refractivity contribution in [3.05, 3.63) is 22.2 Å². The summed E-state index contributed by atoms with van der Waals surface area (Å²) in [5, 5.41) is 3.25. The fraction of sp³-hybridized carbons (Fsp3) is 0.667. The monoisotopic (exact) mass is 238 g/mol. The molecule has 0 aliphatic carbocycles. The fourth-order valence-electron chi connectivity index (χ4n) is 1.82. The van der Waals surface area contributed by atoms with Crippen molar-refractivity contribution >= 4 is 5.82 Å². The summed E-state index contributed by atoms with van der Waals surface area (Å²) in [5.41, 5.74) is -0.116. The van der Waals surface area contributed by atoms with E-state index in [1.807, 2.05) is 0 Å². The largest absolute Gasteiger partial charge is 0.366 e. The van der Waals surface area contributed by atoms with Crippen molar-refractivity contribution in [3.63, 3.8) is 0 Å². The first-order valence-electron chi connectivity index (χ1n) is 6.12. The molecular formula is C12H22N4O. The Morgan fingerprint density at radius 1 is 1.47 bits per heavy atom. The van der Waals surface area contributed by atoms with Crippen molar-refractivity contribution in [2.24, 2.45) is 0 Å². The minimum absolute atomic E-state index is 0.116. The van der Waals surface area contributed by atoms with Crippen molar-refractivity contribution in [3.8, 4) is 0 Å². The number of aromatic amines is 1. The van der Waals surface area contributed by atoms with Gasteiger partial charge in [0.15, 0.2) is 0 Å². The number of hydrogen-bond acceptors (Lipinski definition) is 4. The van der Waals surface area contributed by atoms with Crippen LogP contribution in [-0.4, -0.2) is 40.5 Å². The number of aromatic nitrogens is 2. The summed E-state index contributed by atoms with van der Waals surface area (Å²) in [6.45, 7) is 11.2. The Kier molecular flexibility index (Phi) is 5.15. The predicted octanol–water partition coefficient (Wildman–Crippen LogP) is 1.22. The van der Waals surface area contributed by atoms with E-state index in [4.69, 9.17) is 0 Å². The second kappa shape index (κ2) is 6.39. The van der Waals surface area contributed by atoms with Gasteiger partial charge in [0, 0.05) is 18.7 Å². The summed E-state index contributed by atoms with van der Waals surface area (Å²) in [7, 11) is 0. The molecule has 1 aromatic rings. The van der Waals surface area contributed by atoms with Crippen LogP contribution in [0.25, 0.3) is 0 Å². The van der Waals surface area contributed by atoms with Gasteiger partial charge in [-0.1, -0.05) is 13.8 Å². The van der Waals surface area contributed by atoms with Crippen LogP contribution in [0.2, 0.25) is 0 Å². The van der Waals surface area contributed by atoms with Crippen molar-refractivity contribution in [1.29, 1.82) is 0 Å². The molecule has 1 aromatic heterocycles. The molecule has 0 saturated heterocycles. The molecule has 17 heavy (non-hydrogen) atoms. The molecule has 0 aliphatic rings. The zero-order chi connectivity index (χ0) is 12.8. The smallest absolute Gasteiger partial charge is 0.252 e. The van der Waals surface area contributed by atoms with E-state index in [1.165, 1.54) is 6.07 Å². The number of likely N-dealkylation sites (N-methyl/N-ethyl adjacent to an activating group) is 1. The number of aryl methyl sites for hydroxylation is 1. The lowest BCUT2D eigenvalue weighted by atomic mass is 10.3. The Bertz CT molecular complexity index is 398. The maximum absolute atomic E-state index is 11.3. The molecule has 0 aliphatic heterocycles. The van der Waals surface area contributed by atoms with Crippen molar-refractivity contribution in [2.75, 3.05) is 25.0 Å². The van der Waals surface area contributed by atoms with Crippen LogP contribution in [-0.2, 0) is 0 Å². The first-order valence-corrected chi connectivity index (χ1v) is 6.12. The Labute approximate surface area is 102 Å².